The van der Waals surface area contributed by atoms with Crippen molar-refractivity contribution in [3.63, 3.8) is 0 Å². The molecule has 17 heavy (non-hydrogen) atoms. The Hall–Kier alpha value is -0.530. The van der Waals surface area contributed by atoms with E-state index in [1.807, 2.05) is 0 Å². The zero-order valence-electron chi connectivity index (χ0n) is 11.0. The van der Waals surface area contributed by atoms with Crippen molar-refractivity contribution in [2.45, 2.75) is 70.6 Å². The summed E-state index contributed by atoms with van der Waals surface area (Å²) in [7, 11) is 0. The van der Waals surface area contributed by atoms with E-state index in [4.69, 9.17) is 4.74 Å². The molecule has 2 fully saturated rings. The Morgan fingerprint density at radius 3 is 2.12 bits per heavy atom. The molecule has 1 unspecified atom stereocenters. The number of hydrogen-bond donors (Lipinski definition) is 0. The molecule has 0 spiro atoms. The maximum atomic E-state index is 12.0. The smallest absolute Gasteiger partial charge is 0.309 e. The molecule has 0 N–H and O–H groups in total. The van der Waals surface area contributed by atoms with E-state index >= 15 is 0 Å². The van der Waals surface area contributed by atoms with Gasteiger partial charge in [-0.2, -0.15) is 0 Å². The van der Waals surface area contributed by atoms with Crippen LogP contribution in [0.15, 0.2) is 0 Å². The van der Waals surface area contributed by atoms with Crippen LogP contribution in [-0.4, -0.2) is 12.6 Å². The fraction of sp³-hybridized carbons (Fsp3) is 0.933. The largest absolute Gasteiger partial charge is 0.465 e. The highest BCUT2D eigenvalue weighted by atomic mass is 16.5. The summed E-state index contributed by atoms with van der Waals surface area (Å²) in [6.07, 6.45) is 13.8. The highest BCUT2D eigenvalue weighted by Gasteiger charge is 2.29. The van der Waals surface area contributed by atoms with Crippen LogP contribution in [0.1, 0.15) is 70.6 Å². The molecule has 0 radical (unpaired) electrons. The summed E-state index contributed by atoms with van der Waals surface area (Å²) in [5, 5.41) is 0. The Labute approximate surface area is 105 Å². The predicted molar refractivity (Wildman–Crippen MR) is 68.7 cm³/mol. The maximum Gasteiger partial charge on any atom is 0.309 e. The molecule has 0 bridgehead atoms. The molecule has 1 saturated heterocycles. The minimum absolute atomic E-state index is 0.107. The summed E-state index contributed by atoms with van der Waals surface area (Å²) < 4.78 is 5.38. The van der Waals surface area contributed by atoms with Gasteiger partial charge in [0.25, 0.3) is 0 Å². The first-order valence-electron chi connectivity index (χ1n) is 7.54. The van der Waals surface area contributed by atoms with Crippen LogP contribution in [0.3, 0.4) is 0 Å². The normalized spacial score (nSPS) is 29.6. The summed E-state index contributed by atoms with van der Waals surface area (Å²) in [4.78, 5) is 12.0. The van der Waals surface area contributed by atoms with Crippen molar-refractivity contribution in [2.24, 2.45) is 11.8 Å². The molecule has 0 amide bonds. The molecule has 1 aliphatic heterocycles. The van der Waals surface area contributed by atoms with E-state index < -0.39 is 0 Å². The summed E-state index contributed by atoms with van der Waals surface area (Å²) in [5.41, 5.74) is 0. The first-order valence-corrected chi connectivity index (χ1v) is 7.54. The van der Waals surface area contributed by atoms with Crippen molar-refractivity contribution in [1.29, 1.82) is 0 Å². The third-order valence-corrected chi connectivity index (χ3v) is 4.43. The van der Waals surface area contributed by atoms with Gasteiger partial charge in [0.05, 0.1) is 12.5 Å². The lowest BCUT2D eigenvalue weighted by atomic mass is 9.79. The molecule has 2 nitrogen and oxygen atoms in total. The van der Waals surface area contributed by atoms with E-state index in [9.17, 15) is 4.79 Å². The van der Waals surface area contributed by atoms with Crippen LogP contribution in [0, 0.1) is 11.8 Å². The standard InChI is InChI=1S/C15H26O2/c16-15-14(11-7-4-8-12-17-15)13-9-5-2-1-3-6-10-13/h13-14H,1-12H2. The third kappa shape index (κ3) is 4.01. The Bertz CT molecular complexity index is 229. The number of esters is 1. The molecule has 1 atom stereocenters. The van der Waals surface area contributed by atoms with Gasteiger partial charge in [0.1, 0.15) is 0 Å². The molecule has 2 aliphatic rings. The zero-order valence-corrected chi connectivity index (χ0v) is 11.0. The molecule has 0 aromatic carbocycles. The fourth-order valence-electron chi connectivity index (χ4n) is 3.36. The molecule has 0 aromatic heterocycles. The Balaban J connectivity index is 1.92. The molecule has 2 heteroatoms. The fourth-order valence-corrected chi connectivity index (χ4v) is 3.36. The van der Waals surface area contributed by atoms with Crippen LogP contribution in [0.5, 0.6) is 0 Å². The first-order chi connectivity index (χ1) is 8.38. The van der Waals surface area contributed by atoms with E-state index in [2.05, 4.69) is 0 Å². The van der Waals surface area contributed by atoms with Gasteiger partial charge in [0, 0.05) is 0 Å². The van der Waals surface area contributed by atoms with E-state index in [1.54, 1.807) is 0 Å². The number of carbonyl (C=O) groups excluding carboxylic acids is 1. The Kier molecular flexibility index (Phi) is 5.34. The summed E-state index contributed by atoms with van der Waals surface area (Å²) >= 11 is 0. The number of carbonyl (C=O) groups is 1. The molecule has 1 heterocycles. The Morgan fingerprint density at radius 2 is 1.35 bits per heavy atom. The number of ether oxygens (including phenoxy) is 1. The lowest BCUT2D eigenvalue weighted by molar-refractivity contribution is -0.152. The summed E-state index contributed by atoms with van der Waals surface area (Å²) in [6.45, 7) is 0.655. The lowest BCUT2D eigenvalue weighted by Crippen LogP contribution is -2.28. The third-order valence-electron chi connectivity index (χ3n) is 4.43. The van der Waals surface area contributed by atoms with E-state index in [0.29, 0.717) is 12.5 Å². The molecule has 1 aliphatic carbocycles. The average Bonchev–Trinajstić information content (AvgIpc) is 2.26. The van der Waals surface area contributed by atoms with E-state index in [-0.39, 0.29) is 11.9 Å². The monoisotopic (exact) mass is 238 g/mol. The van der Waals surface area contributed by atoms with E-state index in [1.165, 1.54) is 57.8 Å². The predicted octanol–water partition coefficient (Wildman–Crippen LogP) is 4.08. The van der Waals surface area contributed by atoms with Crippen LogP contribution in [0.2, 0.25) is 0 Å². The van der Waals surface area contributed by atoms with Gasteiger partial charge in [-0.25, -0.2) is 0 Å². The highest BCUT2D eigenvalue weighted by molar-refractivity contribution is 5.72. The lowest BCUT2D eigenvalue weighted by Gasteiger charge is -2.28. The van der Waals surface area contributed by atoms with Gasteiger partial charge in [0.2, 0.25) is 0 Å². The summed E-state index contributed by atoms with van der Waals surface area (Å²) in [6, 6.07) is 0. The van der Waals surface area contributed by atoms with Crippen molar-refractivity contribution < 1.29 is 9.53 Å². The summed E-state index contributed by atoms with van der Waals surface area (Å²) in [5.74, 6) is 0.935. The number of cyclic esters (lactones) is 1. The van der Waals surface area contributed by atoms with Crippen LogP contribution in [0.4, 0.5) is 0 Å². The topological polar surface area (TPSA) is 26.3 Å². The van der Waals surface area contributed by atoms with Crippen molar-refractivity contribution >= 4 is 5.97 Å². The van der Waals surface area contributed by atoms with Crippen molar-refractivity contribution in [1.82, 2.24) is 0 Å². The van der Waals surface area contributed by atoms with Crippen LogP contribution < -0.4 is 0 Å². The van der Waals surface area contributed by atoms with Crippen LogP contribution in [-0.2, 0) is 9.53 Å². The number of hydrogen-bond acceptors (Lipinski definition) is 2. The van der Waals surface area contributed by atoms with Gasteiger partial charge in [-0.15, -0.1) is 0 Å². The SMILES string of the molecule is O=C1OCCCCCC1C1CCCCCCC1. The molecular weight excluding hydrogens is 212 g/mol. The second kappa shape index (κ2) is 7.03. The quantitative estimate of drug-likeness (QED) is 0.643. The maximum absolute atomic E-state index is 12.0. The van der Waals surface area contributed by atoms with Crippen molar-refractivity contribution in [3.05, 3.63) is 0 Å². The highest BCUT2D eigenvalue weighted by Crippen LogP contribution is 2.33. The van der Waals surface area contributed by atoms with E-state index in [0.717, 1.165) is 12.8 Å². The van der Waals surface area contributed by atoms with Gasteiger partial charge >= 0.3 is 5.97 Å². The second-order valence-electron chi connectivity index (χ2n) is 5.73. The first kappa shape index (κ1) is 12.9. The van der Waals surface area contributed by atoms with Gasteiger partial charge in [-0.1, -0.05) is 44.9 Å². The van der Waals surface area contributed by atoms with Gasteiger partial charge in [-0.3, -0.25) is 4.79 Å². The van der Waals surface area contributed by atoms with Gasteiger partial charge in [0.15, 0.2) is 0 Å². The Morgan fingerprint density at radius 1 is 0.765 bits per heavy atom. The van der Waals surface area contributed by atoms with Gasteiger partial charge in [-0.05, 0) is 31.6 Å². The van der Waals surface area contributed by atoms with Crippen molar-refractivity contribution in [2.75, 3.05) is 6.61 Å². The second-order valence-corrected chi connectivity index (χ2v) is 5.73. The van der Waals surface area contributed by atoms with Gasteiger partial charge < -0.3 is 4.74 Å². The molecule has 2 rings (SSSR count). The molecule has 98 valence electrons. The average molecular weight is 238 g/mol. The molecule has 1 saturated carbocycles. The number of rotatable bonds is 1. The molecular formula is C15H26O2. The van der Waals surface area contributed by atoms with Crippen molar-refractivity contribution in [3.8, 4) is 0 Å². The van der Waals surface area contributed by atoms with Crippen LogP contribution in [0.25, 0.3) is 0 Å². The van der Waals surface area contributed by atoms with Crippen LogP contribution >= 0.6 is 0 Å². The zero-order chi connectivity index (χ0) is 11.9. The molecule has 0 aromatic rings. The minimum atomic E-state index is 0.107. The minimum Gasteiger partial charge on any atom is -0.465 e.